The minimum absolute atomic E-state index is 0.611. The number of nitrogens with zero attached hydrogens (tertiary/aromatic N) is 1. The van der Waals surface area contributed by atoms with E-state index in [1.54, 1.807) is 0 Å². The zero-order valence-corrected chi connectivity index (χ0v) is 4.76. The summed E-state index contributed by atoms with van der Waals surface area (Å²) >= 11 is 0. The molecule has 0 saturated heterocycles. The van der Waals surface area contributed by atoms with Crippen molar-refractivity contribution in [3.05, 3.63) is 12.2 Å². The zero-order chi connectivity index (χ0) is 5.28. The normalized spacial score (nSPS) is 28.3. The molecule has 1 aliphatic rings. The van der Waals surface area contributed by atoms with Crippen LogP contribution in [0.2, 0.25) is 0 Å². The first-order valence-corrected chi connectivity index (χ1v) is 2.54. The fourth-order valence-electron chi connectivity index (χ4n) is 0.618. The van der Waals surface area contributed by atoms with Gasteiger partial charge in [0.25, 0.3) is 0 Å². The van der Waals surface area contributed by atoms with Crippen molar-refractivity contribution in [2.24, 2.45) is 0 Å². The van der Waals surface area contributed by atoms with Crippen LogP contribution in [0, 0.1) is 0 Å². The third-order valence-electron chi connectivity index (χ3n) is 1.35. The van der Waals surface area contributed by atoms with Gasteiger partial charge < -0.3 is 0 Å². The minimum Gasteiger partial charge on any atom is -0.233 e. The smallest absolute Gasteiger partial charge is 0.168 e. The molecule has 1 aliphatic heterocycles. The highest BCUT2D eigenvalue weighted by atomic mass is 15.0. The van der Waals surface area contributed by atoms with E-state index in [0.717, 1.165) is 0 Å². The highest BCUT2D eigenvalue weighted by Crippen LogP contribution is 1.93. The van der Waals surface area contributed by atoms with Crippen LogP contribution in [0.4, 0.5) is 0 Å². The van der Waals surface area contributed by atoms with Crippen LogP contribution in [-0.2, 0) is 0 Å². The summed E-state index contributed by atoms with van der Waals surface area (Å²) in [6, 6.07) is 0.611. The maximum absolute atomic E-state index is 2.17. The van der Waals surface area contributed by atoms with Gasteiger partial charge in [0.05, 0.1) is 0 Å². The lowest BCUT2D eigenvalue weighted by molar-refractivity contribution is -0.512. The van der Waals surface area contributed by atoms with E-state index >= 15 is 0 Å². The fourth-order valence-corrected chi connectivity index (χ4v) is 0.618. The maximum atomic E-state index is 2.17. The van der Waals surface area contributed by atoms with E-state index in [0.29, 0.717) is 6.04 Å². The molecule has 1 heteroatoms. The van der Waals surface area contributed by atoms with Crippen LogP contribution in [-0.4, -0.2) is 23.9 Å². The molecule has 0 N–H and O–H groups in total. The lowest BCUT2D eigenvalue weighted by Gasteiger charge is -1.92. The summed E-state index contributed by atoms with van der Waals surface area (Å²) in [4.78, 5) is 0. The van der Waals surface area contributed by atoms with Crippen LogP contribution in [0.3, 0.4) is 0 Å². The molecule has 1 unspecified atom stereocenters. The summed E-state index contributed by atoms with van der Waals surface area (Å²) in [5.41, 5.74) is 0. The Balaban J connectivity index is 2.69. The molecule has 0 fully saturated rings. The molecule has 0 spiro atoms. The van der Waals surface area contributed by atoms with Crippen molar-refractivity contribution in [2.75, 3.05) is 7.05 Å². The summed E-state index contributed by atoms with van der Waals surface area (Å²) in [6.07, 6.45) is 6.31. The molecule has 0 aromatic carbocycles. The largest absolute Gasteiger partial charge is 0.233 e. The topological polar surface area (TPSA) is 3.01 Å². The van der Waals surface area contributed by atoms with Crippen molar-refractivity contribution in [2.45, 2.75) is 13.0 Å². The van der Waals surface area contributed by atoms with Gasteiger partial charge in [0.15, 0.2) is 12.3 Å². The van der Waals surface area contributed by atoms with Crippen LogP contribution in [0.25, 0.3) is 0 Å². The van der Waals surface area contributed by atoms with Gasteiger partial charge in [0.1, 0.15) is 7.05 Å². The number of hydrogen-bond donors (Lipinski definition) is 0. The third kappa shape index (κ3) is 0.710. The van der Waals surface area contributed by atoms with E-state index < -0.39 is 0 Å². The first kappa shape index (κ1) is 4.57. The van der Waals surface area contributed by atoms with E-state index in [9.17, 15) is 0 Å². The molecular weight excluding hydrogens is 86.1 g/mol. The molecule has 0 aromatic rings. The molecular formula is C6H10N+. The molecule has 7 heavy (non-hydrogen) atoms. The molecule has 1 nitrogen and oxygen atoms in total. The molecule has 0 bridgehead atoms. The van der Waals surface area contributed by atoms with E-state index in [1.807, 2.05) is 0 Å². The summed E-state index contributed by atoms with van der Waals surface area (Å²) in [7, 11) is 2.07. The highest BCUT2D eigenvalue weighted by Gasteiger charge is 2.07. The van der Waals surface area contributed by atoms with Crippen molar-refractivity contribution in [1.29, 1.82) is 0 Å². The highest BCUT2D eigenvalue weighted by molar-refractivity contribution is 5.68. The second kappa shape index (κ2) is 1.49. The Morgan fingerprint density at radius 1 is 1.57 bits per heavy atom. The Morgan fingerprint density at radius 3 is 2.43 bits per heavy atom. The van der Waals surface area contributed by atoms with Gasteiger partial charge in [-0.3, -0.25) is 0 Å². The lowest BCUT2D eigenvalue weighted by Crippen LogP contribution is -2.11. The van der Waals surface area contributed by atoms with Crippen molar-refractivity contribution in [3.63, 3.8) is 0 Å². The van der Waals surface area contributed by atoms with Gasteiger partial charge in [-0.1, -0.05) is 0 Å². The van der Waals surface area contributed by atoms with Crippen LogP contribution in [0.5, 0.6) is 0 Å². The molecule has 0 aromatic heterocycles. The van der Waals surface area contributed by atoms with Crippen LogP contribution in [0.1, 0.15) is 6.92 Å². The Labute approximate surface area is 44.0 Å². The summed E-state index contributed by atoms with van der Waals surface area (Å²) in [5.74, 6) is 0. The standard InChI is InChI=1S/C6H10N/c1-6-4-3-5-7(6)2/h3-6H,1-2H3/q+1. The zero-order valence-electron chi connectivity index (χ0n) is 4.76. The molecule has 0 saturated carbocycles. The summed E-state index contributed by atoms with van der Waals surface area (Å²) in [5, 5.41) is 0. The van der Waals surface area contributed by atoms with Gasteiger partial charge in [0, 0.05) is 13.0 Å². The molecule has 1 rings (SSSR count). The SMILES string of the molecule is CC1C=CC=[N+]1C. The summed E-state index contributed by atoms with van der Waals surface area (Å²) < 4.78 is 2.17. The second-order valence-electron chi connectivity index (χ2n) is 1.94. The Kier molecular flexibility index (Phi) is 0.970. The Hall–Kier alpha value is -0.590. The predicted octanol–water partition coefficient (Wildman–Crippen LogP) is 0.658. The number of rotatable bonds is 0. The van der Waals surface area contributed by atoms with E-state index in [1.165, 1.54) is 0 Å². The first-order valence-electron chi connectivity index (χ1n) is 2.54. The first-order chi connectivity index (χ1) is 3.30. The van der Waals surface area contributed by atoms with E-state index in [-0.39, 0.29) is 0 Å². The Morgan fingerprint density at radius 2 is 2.29 bits per heavy atom. The van der Waals surface area contributed by atoms with Crippen molar-refractivity contribution >= 4 is 6.21 Å². The van der Waals surface area contributed by atoms with Crippen molar-refractivity contribution in [3.8, 4) is 0 Å². The number of likely N-dealkylation sites (N-methyl/N-ethyl adjacent to an activating group) is 1. The molecule has 0 amide bonds. The van der Waals surface area contributed by atoms with Crippen LogP contribution in [0.15, 0.2) is 12.2 Å². The van der Waals surface area contributed by atoms with Gasteiger partial charge in [-0.2, -0.15) is 0 Å². The minimum atomic E-state index is 0.611. The van der Waals surface area contributed by atoms with E-state index in [4.69, 9.17) is 0 Å². The third-order valence-corrected chi connectivity index (χ3v) is 1.35. The second-order valence-corrected chi connectivity index (χ2v) is 1.94. The van der Waals surface area contributed by atoms with Crippen molar-refractivity contribution in [1.82, 2.24) is 0 Å². The maximum Gasteiger partial charge on any atom is 0.168 e. The van der Waals surface area contributed by atoms with Gasteiger partial charge in [0.2, 0.25) is 0 Å². The number of allylic oxidation sites excluding steroid dienone is 1. The van der Waals surface area contributed by atoms with Crippen molar-refractivity contribution < 1.29 is 4.58 Å². The van der Waals surface area contributed by atoms with Gasteiger partial charge in [-0.15, -0.1) is 0 Å². The lowest BCUT2D eigenvalue weighted by atomic mass is 10.3. The van der Waals surface area contributed by atoms with Gasteiger partial charge in [-0.05, 0) is 6.08 Å². The molecule has 1 heterocycles. The average molecular weight is 96.2 g/mol. The number of hydrogen-bond acceptors (Lipinski definition) is 0. The molecule has 0 radical (unpaired) electrons. The van der Waals surface area contributed by atoms with Gasteiger partial charge in [-0.25, -0.2) is 4.58 Å². The predicted molar refractivity (Wildman–Crippen MR) is 30.9 cm³/mol. The van der Waals surface area contributed by atoms with Gasteiger partial charge >= 0.3 is 0 Å². The average Bonchev–Trinajstić information content (AvgIpc) is 1.91. The van der Waals surface area contributed by atoms with Crippen LogP contribution >= 0.6 is 0 Å². The quantitative estimate of drug-likeness (QED) is 0.390. The van der Waals surface area contributed by atoms with Crippen LogP contribution < -0.4 is 0 Å². The Bertz CT molecular complexity index is 122. The monoisotopic (exact) mass is 96.1 g/mol. The molecule has 0 aliphatic carbocycles. The fraction of sp³-hybridized carbons (Fsp3) is 0.500. The molecule has 1 atom stereocenters. The summed E-state index contributed by atoms with van der Waals surface area (Å²) in [6.45, 7) is 2.17. The molecule has 38 valence electrons. The van der Waals surface area contributed by atoms with E-state index in [2.05, 4.69) is 36.9 Å².